The van der Waals surface area contributed by atoms with Crippen LogP contribution in [0.2, 0.25) is 5.02 Å². The van der Waals surface area contributed by atoms with Crippen LogP contribution >= 0.6 is 11.6 Å². The minimum absolute atomic E-state index is 0.116. The zero-order valence-corrected chi connectivity index (χ0v) is 22.3. The summed E-state index contributed by atoms with van der Waals surface area (Å²) in [6.45, 7) is 5.08. The molecule has 5 rings (SSSR count). The molecule has 0 unspecified atom stereocenters. The number of amides is 1. The summed E-state index contributed by atoms with van der Waals surface area (Å²) < 4.78 is 20.5. The minimum atomic E-state index is -0.244. The van der Waals surface area contributed by atoms with Crippen molar-refractivity contribution in [1.82, 2.24) is 9.47 Å². The van der Waals surface area contributed by atoms with E-state index in [4.69, 9.17) is 16.3 Å². The van der Waals surface area contributed by atoms with Crippen LogP contribution in [0.25, 0.3) is 0 Å². The number of hydrogen-bond acceptors (Lipinski definition) is 4. The van der Waals surface area contributed by atoms with Gasteiger partial charge in [0.1, 0.15) is 5.82 Å². The number of pyridine rings is 1. The van der Waals surface area contributed by atoms with Gasteiger partial charge >= 0.3 is 0 Å². The molecule has 8 heteroatoms. The van der Waals surface area contributed by atoms with Crippen LogP contribution in [0.3, 0.4) is 0 Å². The maximum atomic E-state index is 13.9. The average Bonchev–Trinajstić information content (AvgIpc) is 2.93. The van der Waals surface area contributed by atoms with Crippen molar-refractivity contribution in [2.24, 2.45) is 5.92 Å². The lowest BCUT2D eigenvalue weighted by Gasteiger charge is -2.33. The van der Waals surface area contributed by atoms with Crippen LogP contribution in [-0.2, 0) is 11.3 Å². The van der Waals surface area contributed by atoms with Crippen LogP contribution in [0.4, 0.5) is 15.8 Å². The van der Waals surface area contributed by atoms with E-state index in [0.29, 0.717) is 60.7 Å². The van der Waals surface area contributed by atoms with Crippen molar-refractivity contribution in [1.29, 1.82) is 0 Å². The van der Waals surface area contributed by atoms with Gasteiger partial charge in [0.05, 0.1) is 22.0 Å². The number of ether oxygens (including phenoxy) is 1. The smallest absolute Gasteiger partial charge is 0.257 e. The maximum Gasteiger partial charge on any atom is 0.257 e. The number of hydrogen-bond donors (Lipinski definition) is 1. The first-order chi connectivity index (χ1) is 18.4. The van der Waals surface area contributed by atoms with Crippen LogP contribution in [-0.4, -0.2) is 41.7 Å². The predicted molar refractivity (Wildman–Crippen MR) is 148 cm³/mol. The number of halogens is 2. The largest absolute Gasteiger partial charge is 0.381 e. The standard InChI is InChI=1S/C30H33ClFN3O3/c1-20-2-7-26(31)28(16-20)33-27-17-29(36)35(18-21-10-14-38-15-11-21)19-25(27)30(37)34-12-8-23(9-13-34)22-3-5-24(32)6-4-22/h2-7,16-17,19,21,23,33H,8-15,18H2,1H3. The number of piperidine rings is 1. The van der Waals surface area contributed by atoms with Gasteiger partial charge in [-0.1, -0.05) is 29.8 Å². The lowest BCUT2D eigenvalue weighted by molar-refractivity contribution is 0.0607. The molecule has 2 fully saturated rings. The Balaban J connectivity index is 1.41. The second kappa shape index (κ2) is 11.7. The Kier molecular flexibility index (Phi) is 8.15. The molecule has 2 saturated heterocycles. The van der Waals surface area contributed by atoms with Crippen LogP contribution < -0.4 is 10.9 Å². The predicted octanol–water partition coefficient (Wildman–Crippen LogP) is 6.14. The summed E-state index contributed by atoms with van der Waals surface area (Å²) in [5, 5.41) is 3.78. The molecule has 2 aliphatic rings. The molecular weight excluding hydrogens is 505 g/mol. The van der Waals surface area contributed by atoms with E-state index in [9.17, 15) is 14.0 Å². The fourth-order valence-corrected chi connectivity index (χ4v) is 5.56. The van der Waals surface area contributed by atoms with Gasteiger partial charge in [-0.2, -0.15) is 0 Å². The molecule has 1 N–H and O–H groups in total. The fourth-order valence-electron chi connectivity index (χ4n) is 5.40. The summed E-state index contributed by atoms with van der Waals surface area (Å²) in [7, 11) is 0. The zero-order chi connectivity index (χ0) is 26.6. The van der Waals surface area contributed by atoms with Crippen molar-refractivity contribution in [2.45, 2.75) is 45.1 Å². The first-order valence-corrected chi connectivity index (χ1v) is 13.7. The number of nitrogens with zero attached hydrogens (tertiary/aromatic N) is 2. The van der Waals surface area contributed by atoms with Crippen molar-refractivity contribution in [3.8, 4) is 0 Å². The average molecular weight is 538 g/mol. The molecular formula is C30H33ClFN3O3. The molecule has 3 aromatic rings. The van der Waals surface area contributed by atoms with Gasteiger partial charge in [0.15, 0.2) is 0 Å². The molecule has 0 aliphatic carbocycles. The highest BCUT2D eigenvalue weighted by atomic mass is 35.5. The Hall–Kier alpha value is -3.16. The van der Waals surface area contributed by atoms with E-state index in [1.54, 1.807) is 16.8 Å². The normalized spacial score (nSPS) is 17.0. The Labute approximate surface area is 227 Å². The molecule has 0 radical (unpaired) electrons. The Bertz CT molecular complexity index is 1340. The number of aromatic nitrogens is 1. The number of anilines is 2. The molecule has 0 atom stereocenters. The first kappa shape index (κ1) is 26.4. The van der Waals surface area contributed by atoms with E-state index >= 15 is 0 Å². The third-order valence-electron chi connectivity index (χ3n) is 7.67. The summed E-state index contributed by atoms with van der Waals surface area (Å²) in [6, 6.07) is 13.8. The monoisotopic (exact) mass is 537 g/mol. The molecule has 38 heavy (non-hydrogen) atoms. The Morgan fingerprint density at radius 2 is 1.74 bits per heavy atom. The van der Waals surface area contributed by atoms with E-state index in [2.05, 4.69) is 5.32 Å². The highest BCUT2D eigenvalue weighted by Crippen LogP contribution is 2.32. The third kappa shape index (κ3) is 6.11. The van der Waals surface area contributed by atoms with Gasteiger partial charge in [-0.3, -0.25) is 9.59 Å². The Morgan fingerprint density at radius 1 is 1.03 bits per heavy atom. The van der Waals surface area contributed by atoms with Crippen molar-refractivity contribution < 1.29 is 13.9 Å². The summed E-state index contributed by atoms with van der Waals surface area (Å²) in [5.41, 5.74) is 3.51. The van der Waals surface area contributed by atoms with Crippen LogP contribution in [0.15, 0.2) is 59.5 Å². The summed E-state index contributed by atoms with van der Waals surface area (Å²) in [4.78, 5) is 28.9. The molecule has 2 aromatic carbocycles. The van der Waals surface area contributed by atoms with Crippen LogP contribution in [0, 0.1) is 18.7 Å². The molecule has 1 aromatic heterocycles. The van der Waals surface area contributed by atoms with Gasteiger partial charge in [0.25, 0.3) is 11.5 Å². The van der Waals surface area contributed by atoms with Gasteiger partial charge < -0.3 is 19.5 Å². The Morgan fingerprint density at radius 3 is 2.45 bits per heavy atom. The van der Waals surface area contributed by atoms with Crippen molar-refractivity contribution in [3.63, 3.8) is 0 Å². The second-order valence-electron chi connectivity index (χ2n) is 10.4. The molecule has 0 bridgehead atoms. The zero-order valence-electron chi connectivity index (χ0n) is 21.6. The van der Waals surface area contributed by atoms with E-state index in [0.717, 1.165) is 36.8 Å². The molecule has 1 amide bonds. The molecule has 2 aliphatic heterocycles. The van der Waals surface area contributed by atoms with E-state index in [1.807, 2.05) is 36.1 Å². The quantitative estimate of drug-likeness (QED) is 0.410. The van der Waals surface area contributed by atoms with Crippen LogP contribution in [0.1, 0.15) is 53.1 Å². The maximum absolute atomic E-state index is 13.9. The summed E-state index contributed by atoms with van der Waals surface area (Å²) in [6.07, 6.45) is 5.09. The number of aryl methyl sites for hydroxylation is 1. The van der Waals surface area contributed by atoms with Crippen LogP contribution in [0.5, 0.6) is 0 Å². The highest BCUT2D eigenvalue weighted by molar-refractivity contribution is 6.33. The number of nitrogens with one attached hydrogen (secondary N) is 1. The minimum Gasteiger partial charge on any atom is -0.381 e. The van der Waals surface area contributed by atoms with Gasteiger partial charge in [0.2, 0.25) is 0 Å². The molecule has 0 spiro atoms. The molecule has 200 valence electrons. The summed E-state index contributed by atoms with van der Waals surface area (Å²) >= 11 is 6.43. The van der Waals surface area contributed by atoms with E-state index < -0.39 is 0 Å². The lowest BCUT2D eigenvalue weighted by Crippen LogP contribution is -2.39. The first-order valence-electron chi connectivity index (χ1n) is 13.3. The number of likely N-dealkylation sites (tertiary alicyclic amines) is 1. The number of carbonyl (C=O) groups excluding carboxylic acids is 1. The fraction of sp³-hybridized carbons (Fsp3) is 0.400. The second-order valence-corrected chi connectivity index (χ2v) is 10.8. The topological polar surface area (TPSA) is 63.6 Å². The van der Waals surface area contributed by atoms with Gasteiger partial charge in [0, 0.05) is 45.1 Å². The number of rotatable bonds is 6. The molecule has 3 heterocycles. The van der Waals surface area contributed by atoms with Crippen molar-refractivity contribution in [2.75, 3.05) is 31.6 Å². The van der Waals surface area contributed by atoms with E-state index in [1.165, 1.54) is 18.2 Å². The lowest BCUT2D eigenvalue weighted by atomic mass is 9.89. The van der Waals surface area contributed by atoms with Crippen molar-refractivity contribution in [3.05, 3.63) is 92.6 Å². The molecule has 6 nitrogen and oxygen atoms in total. The highest BCUT2D eigenvalue weighted by Gasteiger charge is 2.27. The number of benzene rings is 2. The van der Waals surface area contributed by atoms with E-state index in [-0.39, 0.29) is 23.2 Å². The summed E-state index contributed by atoms with van der Waals surface area (Å²) in [5.74, 6) is 0.257. The SMILES string of the molecule is Cc1ccc(Cl)c(Nc2cc(=O)n(CC3CCOCC3)cc2C(=O)N2CCC(c3ccc(F)cc3)CC2)c1. The third-order valence-corrected chi connectivity index (χ3v) is 8.00. The van der Waals surface area contributed by atoms with Gasteiger partial charge in [-0.05, 0) is 79.8 Å². The van der Waals surface area contributed by atoms with Gasteiger partial charge in [-0.25, -0.2) is 4.39 Å². The van der Waals surface area contributed by atoms with Gasteiger partial charge in [-0.15, -0.1) is 0 Å². The number of carbonyl (C=O) groups is 1. The molecule has 0 saturated carbocycles. The van der Waals surface area contributed by atoms with Crippen molar-refractivity contribution >= 4 is 28.9 Å².